The van der Waals surface area contributed by atoms with Gasteiger partial charge < -0.3 is 10.2 Å². The fraction of sp³-hybridized carbons (Fsp3) is 0.500. The van der Waals surface area contributed by atoms with Crippen molar-refractivity contribution >= 4 is 28.3 Å². The molecular weight excluding hydrogens is 374 g/mol. The van der Waals surface area contributed by atoms with Crippen molar-refractivity contribution in [2.75, 3.05) is 33.2 Å². The number of benzene rings is 1. The summed E-state index contributed by atoms with van der Waals surface area (Å²) >= 11 is 0. The molecule has 2 N–H and O–H groups in total. The molecule has 0 spiro atoms. The first-order chi connectivity index (χ1) is 12.0. The van der Waals surface area contributed by atoms with Crippen molar-refractivity contribution in [2.24, 2.45) is 0 Å². The van der Waals surface area contributed by atoms with Crippen LogP contribution in [0.4, 0.5) is 0 Å². The van der Waals surface area contributed by atoms with E-state index in [1.807, 2.05) is 6.08 Å². The van der Waals surface area contributed by atoms with Crippen molar-refractivity contribution in [3.63, 3.8) is 0 Å². The minimum atomic E-state index is -3.75. The van der Waals surface area contributed by atoms with Crippen LogP contribution in [0.5, 0.6) is 0 Å². The van der Waals surface area contributed by atoms with Crippen LogP contribution in [0.1, 0.15) is 36.5 Å². The third-order valence-electron chi connectivity index (χ3n) is 4.25. The summed E-state index contributed by atoms with van der Waals surface area (Å²) in [4.78, 5) is 14.3. The first-order valence-electron chi connectivity index (χ1n) is 8.68. The molecule has 1 aromatic rings. The van der Waals surface area contributed by atoms with Crippen LogP contribution in [-0.4, -0.2) is 52.5 Å². The van der Waals surface area contributed by atoms with Crippen LogP contribution in [0.3, 0.4) is 0 Å². The number of hydrogen-bond donors (Lipinski definition) is 2. The molecule has 0 atom stereocenters. The summed E-state index contributed by atoms with van der Waals surface area (Å²) in [6.07, 6.45) is 4.69. The molecule has 1 amide bonds. The van der Waals surface area contributed by atoms with Gasteiger partial charge in [-0.15, -0.1) is 12.4 Å². The average molecular weight is 402 g/mol. The highest BCUT2D eigenvalue weighted by Crippen LogP contribution is 2.18. The van der Waals surface area contributed by atoms with Gasteiger partial charge in [-0.2, -0.15) is 0 Å². The molecule has 0 fully saturated rings. The van der Waals surface area contributed by atoms with Crippen LogP contribution in [-0.2, 0) is 10.0 Å². The molecule has 1 heterocycles. The van der Waals surface area contributed by atoms with Gasteiger partial charge in [0.2, 0.25) is 10.0 Å². The normalized spacial score (nSPS) is 14.3. The standard InChI is InChI=1S/C18H27N3O3S.ClH/c1-3-4-13-21(2)18(22)16-7-5-6-8-17(16)25(23,24)20-14-15-9-11-19-12-10-15;/h5-9,19-20H,3-4,10-14H2,1-2H3;1H. The second-order valence-corrected chi connectivity index (χ2v) is 7.95. The summed E-state index contributed by atoms with van der Waals surface area (Å²) in [6.45, 7) is 4.55. The summed E-state index contributed by atoms with van der Waals surface area (Å²) in [6, 6.07) is 6.39. The van der Waals surface area contributed by atoms with Gasteiger partial charge in [-0.1, -0.05) is 37.1 Å². The molecule has 0 saturated carbocycles. The number of halogens is 1. The maximum atomic E-state index is 12.7. The predicted octanol–water partition coefficient (Wildman–Crippen LogP) is 2.18. The Bertz CT molecular complexity index is 735. The third-order valence-corrected chi connectivity index (χ3v) is 5.71. The van der Waals surface area contributed by atoms with E-state index >= 15 is 0 Å². The maximum absolute atomic E-state index is 12.7. The minimum Gasteiger partial charge on any atom is -0.342 e. The topological polar surface area (TPSA) is 78.5 Å². The Labute approximate surface area is 162 Å². The molecule has 0 aliphatic carbocycles. The summed E-state index contributed by atoms with van der Waals surface area (Å²) in [5, 5.41) is 3.19. The molecule has 0 bridgehead atoms. The van der Waals surface area contributed by atoms with Crippen LogP contribution in [0, 0.1) is 0 Å². The van der Waals surface area contributed by atoms with Crippen LogP contribution >= 0.6 is 12.4 Å². The molecule has 146 valence electrons. The van der Waals surface area contributed by atoms with Crippen molar-refractivity contribution in [1.29, 1.82) is 0 Å². The molecule has 0 unspecified atom stereocenters. The zero-order chi connectivity index (χ0) is 18.3. The fourth-order valence-electron chi connectivity index (χ4n) is 2.68. The van der Waals surface area contributed by atoms with Crippen molar-refractivity contribution in [1.82, 2.24) is 14.9 Å². The molecular formula is C18H28ClN3O3S. The third kappa shape index (κ3) is 6.09. The molecule has 1 aliphatic rings. The number of rotatable bonds is 8. The lowest BCUT2D eigenvalue weighted by Crippen LogP contribution is -2.33. The molecule has 26 heavy (non-hydrogen) atoms. The quantitative estimate of drug-likeness (QED) is 0.654. The number of nitrogens with one attached hydrogen (secondary N) is 2. The monoisotopic (exact) mass is 401 g/mol. The van der Waals surface area contributed by atoms with Gasteiger partial charge in [0.1, 0.15) is 0 Å². The lowest BCUT2D eigenvalue weighted by molar-refractivity contribution is 0.0789. The van der Waals surface area contributed by atoms with Gasteiger partial charge in [-0.3, -0.25) is 4.79 Å². The van der Waals surface area contributed by atoms with E-state index in [2.05, 4.69) is 17.0 Å². The smallest absolute Gasteiger partial charge is 0.254 e. The molecule has 0 aromatic heterocycles. The van der Waals surface area contributed by atoms with Crippen molar-refractivity contribution in [3.05, 3.63) is 41.5 Å². The van der Waals surface area contributed by atoms with Crippen molar-refractivity contribution in [2.45, 2.75) is 31.1 Å². The second-order valence-electron chi connectivity index (χ2n) is 6.22. The molecule has 0 saturated heterocycles. The Morgan fingerprint density at radius 3 is 2.69 bits per heavy atom. The van der Waals surface area contributed by atoms with Gasteiger partial charge in [-0.05, 0) is 31.5 Å². The highest BCUT2D eigenvalue weighted by Gasteiger charge is 2.24. The number of carbonyl (C=O) groups excluding carboxylic acids is 1. The van der Waals surface area contributed by atoms with Crippen LogP contribution in [0.2, 0.25) is 0 Å². The van der Waals surface area contributed by atoms with E-state index in [1.54, 1.807) is 30.1 Å². The number of unbranched alkanes of at least 4 members (excludes halogenated alkanes) is 1. The lowest BCUT2D eigenvalue weighted by atomic mass is 10.1. The molecule has 1 aliphatic heterocycles. The van der Waals surface area contributed by atoms with Gasteiger partial charge in [0.15, 0.2) is 0 Å². The van der Waals surface area contributed by atoms with Gasteiger partial charge in [0.05, 0.1) is 10.5 Å². The summed E-state index contributed by atoms with van der Waals surface area (Å²) in [7, 11) is -2.05. The lowest BCUT2D eigenvalue weighted by Gasteiger charge is -2.19. The number of sulfonamides is 1. The Hall–Kier alpha value is -1.41. The van der Waals surface area contributed by atoms with Crippen LogP contribution in [0.25, 0.3) is 0 Å². The summed E-state index contributed by atoms with van der Waals surface area (Å²) in [5.74, 6) is -0.268. The zero-order valence-corrected chi connectivity index (χ0v) is 17.0. The number of amides is 1. The van der Waals surface area contributed by atoms with Crippen molar-refractivity contribution < 1.29 is 13.2 Å². The molecule has 0 radical (unpaired) electrons. The van der Waals surface area contributed by atoms with E-state index in [0.29, 0.717) is 6.54 Å². The summed E-state index contributed by atoms with van der Waals surface area (Å²) < 4.78 is 28.1. The first-order valence-corrected chi connectivity index (χ1v) is 10.2. The number of hydrogen-bond acceptors (Lipinski definition) is 4. The van der Waals surface area contributed by atoms with E-state index in [0.717, 1.165) is 37.9 Å². The fourth-order valence-corrected chi connectivity index (χ4v) is 3.91. The molecule has 1 aromatic carbocycles. The highest BCUT2D eigenvalue weighted by molar-refractivity contribution is 7.89. The van der Waals surface area contributed by atoms with E-state index < -0.39 is 10.0 Å². The van der Waals surface area contributed by atoms with Crippen molar-refractivity contribution in [3.8, 4) is 0 Å². The molecule has 6 nitrogen and oxygen atoms in total. The summed E-state index contributed by atoms with van der Waals surface area (Å²) in [5.41, 5.74) is 1.28. The second kappa shape index (κ2) is 10.7. The van der Waals surface area contributed by atoms with Gasteiger partial charge in [-0.25, -0.2) is 13.1 Å². The maximum Gasteiger partial charge on any atom is 0.254 e. The van der Waals surface area contributed by atoms with E-state index in [4.69, 9.17) is 0 Å². The first kappa shape index (κ1) is 22.6. The predicted molar refractivity (Wildman–Crippen MR) is 106 cm³/mol. The Kier molecular flexibility index (Phi) is 9.29. The Morgan fingerprint density at radius 2 is 2.04 bits per heavy atom. The van der Waals surface area contributed by atoms with Crippen LogP contribution < -0.4 is 10.0 Å². The highest BCUT2D eigenvalue weighted by atomic mass is 35.5. The van der Waals surface area contributed by atoms with E-state index in [9.17, 15) is 13.2 Å². The van der Waals surface area contributed by atoms with Gasteiger partial charge >= 0.3 is 0 Å². The SMILES string of the molecule is CCCCN(C)C(=O)c1ccccc1S(=O)(=O)NCC1=CCNCC1.Cl. The largest absolute Gasteiger partial charge is 0.342 e. The Balaban J connectivity index is 0.00000338. The number of carbonyl (C=O) groups is 1. The number of nitrogens with zero attached hydrogens (tertiary/aromatic N) is 1. The molecule has 8 heteroatoms. The zero-order valence-electron chi connectivity index (χ0n) is 15.3. The Morgan fingerprint density at radius 1 is 1.31 bits per heavy atom. The van der Waals surface area contributed by atoms with E-state index in [-0.39, 0.29) is 35.3 Å². The van der Waals surface area contributed by atoms with Crippen LogP contribution in [0.15, 0.2) is 40.8 Å². The molecule has 2 rings (SSSR count). The minimum absolute atomic E-state index is 0. The van der Waals surface area contributed by atoms with E-state index in [1.165, 1.54) is 6.07 Å². The average Bonchev–Trinajstić information content (AvgIpc) is 2.64. The van der Waals surface area contributed by atoms with Gasteiger partial charge in [0, 0.05) is 26.7 Å². The van der Waals surface area contributed by atoms with Gasteiger partial charge in [0.25, 0.3) is 5.91 Å².